The summed E-state index contributed by atoms with van der Waals surface area (Å²) < 4.78 is 82.4. The van der Waals surface area contributed by atoms with Crippen molar-refractivity contribution in [1.29, 1.82) is 0 Å². The number of nitrogens with zero attached hydrogens (tertiary/aromatic N) is 5. The lowest BCUT2D eigenvalue weighted by Crippen LogP contribution is -2.56. The van der Waals surface area contributed by atoms with E-state index in [-0.39, 0.29) is 31.8 Å². The zero-order chi connectivity index (χ0) is 26.6. The Kier molecular flexibility index (Phi) is 6.60. The molecule has 5 rings (SSSR count). The van der Waals surface area contributed by atoms with Crippen molar-refractivity contribution < 1.29 is 40.7 Å². The molecule has 2 saturated heterocycles. The highest BCUT2D eigenvalue weighted by Gasteiger charge is 2.60. The van der Waals surface area contributed by atoms with E-state index in [1.54, 1.807) is 4.90 Å². The molecule has 8 nitrogen and oxygen atoms in total. The molecule has 4 aliphatic rings. The minimum Gasteiger partial charge on any atom is -0.426 e. The molecule has 0 atom stereocenters. The topological polar surface area (TPSA) is 70.9 Å². The van der Waals surface area contributed by atoms with Gasteiger partial charge in [-0.1, -0.05) is 0 Å². The van der Waals surface area contributed by atoms with E-state index < -0.39 is 30.1 Å². The van der Waals surface area contributed by atoms with Gasteiger partial charge in [-0.25, -0.2) is 4.79 Å². The summed E-state index contributed by atoms with van der Waals surface area (Å²) in [6, 6.07) is 1.81. The average molecular weight is 538 g/mol. The number of hydrogen-bond acceptors (Lipinski definition) is 5. The molecule has 0 radical (unpaired) electrons. The standard InChI is InChI=1S/C23H29F6N5O3/c24-22(25,26)19(23(27,28)29)37-20(36)32-8-5-21(6-9-32)4-1-7-33(21)18(35)17-12-16-14-31(13-15-2-3-15)10-11-34(16)30-17/h12,15,19H,1-11,13-14H2. The Balaban J connectivity index is 1.22. The summed E-state index contributed by atoms with van der Waals surface area (Å²) in [5, 5.41) is 4.53. The van der Waals surface area contributed by atoms with Gasteiger partial charge in [0.25, 0.3) is 12.0 Å². The third kappa shape index (κ3) is 5.39. The third-order valence-corrected chi connectivity index (χ3v) is 7.92. The minimum atomic E-state index is -5.77. The minimum absolute atomic E-state index is 0.110. The van der Waals surface area contributed by atoms with E-state index in [2.05, 4.69) is 14.7 Å². The molecule has 37 heavy (non-hydrogen) atoms. The van der Waals surface area contributed by atoms with Gasteiger partial charge < -0.3 is 14.5 Å². The van der Waals surface area contributed by atoms with E-state index >= 15 is 0 Å². The summed E-state index contributed by atoms with van der Waals surface area (Å²) >= 11 is 0. The zero-order valence-electron chi connectivity index (χ0n) is 20.2. The van der Waals surface area contributed by atoms with Crippen LogP contribution in [0, 0.1) is 5.92 Å². The van der Waals surface area contributed by atoms with Gasteiger partial charge in [0.15, 0.2) is 5.69 Å². The van der Waals surface area contributed by atoms with Crippen LogP contribution < -0.4 is 0 Å². The van der Waals surface area contributed by atoms with Crippen molar-refractivity contribution in [3.63, 3.8) is 0 Å². The smallest absolute Gasteiger partial charge is 0.426 e. The van der Waals surface area contributed by atoms with E-state index in [1.165, 1.54) is 12.8 Å². The number of aromatic nitrogens is 2. The second kappa shape index (κ2) is 9.35. The molecule has 0 unspecified atom stereocenters. The largest absolute Gasteiger partial charge is 0.434 e. The number of amides is 2. The fraction of sp³-hybridized carbons (Fsp3) is 0.783. The molecular weight excluding hydrogens is 508 g/mol. The van der Waals surface area contributed by atoms with Gasteiger partial charge in [0.2, 0.25) is 0 Å². The Morgan fingerprint density at radius 2 is 1.68 bits per heavy atom. The first kappa shape index (κ1) is 26.1. The molecule has 3 fully saturated rings. The SMILES string of the molecule is O=C(OC(C(F)(F)F)C(F)(F)F)N1CCC2(CCCN2C(=O)c2cc3n(n2)CCN(CC2CC2)C3)CC1. The molecule has 14 heteroatoms. The van der Waals surface area contributed by atoms with Crippen LogP contribution in [-0.4, -0.2) is 93.2 Å². The Morgan fingerprint density at radius 3 is 2.30 bits per heavy atom. The monoisotopic (exact) mass is 537 g/mol. The molecule has 1 aromatic rings. The molecule has 0 bridgehead atoms. The normalized spacial score (nSPS) is 22.6. The van der Waals surface area contributed by atoms with Crippen LogP contribution in [0.25, 0.3) is 0 Å². The van der Waals surface area contributed by atoms with Crippen LogP contribution in [0.15, 0.2) is 6.07 Å². The summed E-state index contributed by atoms with van der Waals surface area (Å²) in [5.41, 5.74) is 0.693. The van der Waals surface area contributed by atoms with Crippen LogP contribution in [0.5, 0.6) is 0 Å². The Morgan fingerprint density at radius 1 is 1.00 bits per heavy atom. The zero-order valence-corrected chi connectivity index (χ0v) is 20.2. The highest BCUT2D eigenvalue weighted by atomic mass is 19.4. The van der Waals surface area contributed by atoms with Gasteiger partial charge in [0.05, 0.1) is 12.2 Å². The first-order chi connectivity index (χ1) is 17.4. The highest BCUT2D eigenvalue weighted by molar-refractivity contribution is 5.93. The predicted molar refractivity (Wildman–Crippen MR) is 116 cm³/mol. The highest BCUT2D eigenvalue weighted by Crippen LogP contribution is 2.41. The Hall–Kier alpha value is -2.51. The fourth-order valence-corrected chi connectivity index (χ4v) is 5.76. The van der Waals surface area contributed by atoms with E-state index in [4.69, 9.17) is 0 Å². The van der Waals surface area contributed by atoms with Crippen LogP contribution in [0.4, 0.5) is 31.1 Å². The quantitative estimate of drug-likeness (QED) is 0.547. The van der Waals surface area contributed by atoms with E-state index in [9.17, 15) is 35.9 Å². The van der Waals surface area contributed by atoms with Gasteiger partial charge in [-0.2, -0.15) is 31.4 Å². The van der Waals surface area contributed by atoms with E-state index in [0.717, 1.165) is 36.1 Å². The van der Waals surface area contributed by atoms with Crippen LogP contribution in [0.3, 0.4) is 0 Å². The summed E-state index contributed by atoms with van der Waals surface area (Å²) in [6.45, 7) is 3.62. The Labute approximate surface area is 209 Å². The van der Waals surface area contributed by atoms with Gasteiger partial charge in [-0.15, -0.1) is 0 Å². The number of alkyl halides is 6. The number of ether oxygens (including phenoxy) is 1. The lowest BCUT2D eigenvalue weighted by atomic mass is 9.85. The molecular formula is C23H29F6N5O3. The summed E-state index contributed by atoms with van der Waals surface area (Å²) in [7, 11) is 0. The van der Waals surface area contributed by atoms with Crippen molar-refractivity contribution in [2.45, 2.75) is 75.6 Å². The molecule has 0 aromatic carbocycles. The lowest BCUT2D eigenvalue weighted by molar-refractivity contribution is -0.308. The number of carbonyl (C=O) groups excluding carboxylic acids is 2. The van der Waals surface area contributed by atoms with Crippen molar-refractivity contribution >= 4 is 12.0 Å². The van der Waals surface area contributed by atoms with Crippen molar-refractivity contribution in [3.8, 4) is 0 Å². The van der Waals surface area contributed by atoms with Gasteiger partial charge in [-0.3, -0.25) is 14.4 Å². The molecule has 3 aliphatic heterocycles. The maximum absolute atomic E-state index is 13.5. The number of likely N-dealkylation sites (tertiary alicyclic amines) is 2. The molecule has 2 amide bonds. The molecule has 1 aromatic heterocycles. The van der Waals surface area contributed by atoms with Crippen LogP contribution in [-0.2, 0) is 17.8 Å². The van der Waals surface area contributed by atoms with Crippen molar-refractivity contribution in [2.24, 2.45) is 5.92 Å². The van der Waals surface area contributed by atoms with Gasteiger partial charge in [0.1, 0.15) is 0 Å². The number of piperidine rings is 1. The fourth-order valence-electron chi connectivity index (χ4n) is 5.76. The molecule has 1 aliphatic carbocycles. The molecule has 1 spiro atoms. The Bertz CT molecular complexity index is 1020. The van der Waals surface area contributed by atoms with Crippen LogP contribution in [0.1, 0.15) is 54.7 Å². The second-order valence-corrected chi connectivity index (χ2v) is 10.5. The molecule has 4 heterocycles. The lowest BCUT2D eigenvalue weighted by Gasteiger charge is -2.44. The molecule has 206 valence electrons. The number of carbonyl (C=O) groups is 2. The van der Waals surface area contributed by atoms with Crippen molar-refractivity contribution in [1.82, 2.24) is 24.5 Å². The number of fused-ring (bicyclic) bond motifs is 1. The first-order valence-electron chi connectivity index (χ1n) is 12.6. The molecule has 1 saturated carbocycles. The van der Waals surface area contributed by atoms with Gasteiger partial charge in [-0.05, 0) is 50.5 Å². The first-order valence-corrected chi connectivity index (χ1v) is 12.6. The summed E-state index contributed by atoms with van der Waals surface area (Å²) in [5.74, 6) is 0.523. The van der Waals surface area contributed by atoms with Crippen molar-refractivity contribution in [3.05, 3.63) is 17.5 Å². The average Bonchev–Trinajstić information content (AvgIpc) is 3.38. The van der Waals surface area contributed by atoms with E-state index in [1.807, 2.05) is 10.7 Å². The number of hydrogen-bond donors (Lipinski definition) is 0. The van der Waals surface area contributed by atoms with Crippen molar-refractivity contribution in [2.75, 3.05) is 32.7 Å². The molecule has 0 N–H and O–H groups in total. The number of rotatable bonds is 4. The summed E-state index contributed by atoms with van der Waals surface area (Å²) in [6.07, 6.45) is -13.0. The van der Waals surface area contributed by atoms with Crippen LogP contribution >= 0.6 is 0 Å². The van der Waals surface area contributed by atoms with E-state index in [0.29, 0.717) is 31.6 Å². The van der Waals surface area contributed by atoms with Gasteiger partial charge in [0, 0.05) is 44.8 Å². The third-order valence-electron chi connectivity index (χ3n) is 7.92. The van der Waals surface area contributed by atoms with Gasteiger partial charge >= 0.3 is 18.4 Å². The number of halogens is 6. The second-order valence-electron chi connectivity index (χ2n) is 10.5. The predicted octanol–water partition coefficient (Wildman–Crippen LogP) is 3.81. The maximum atomic E-state index is 13.5. The summed E-state index contributed by atoms with van der Waals surface area (Å²) in [4.78, 5) is 30.6. The maximum Gasteiger partial charge on any atom is 0.434 e. The van der Waals surface area contributed by atoms with Crippen LogP contribution in [0.2, 0.25) is 0 Å².